The lowest BCUT2D eigenvalue weighted by atomic mass is 10.2. The number of hydrogen-bond donors (Lipinski definition) is 2. The van der Waals surface area contributed by atoms with Gasteiger partial charge in [-0.05, 0) is 39.3 Å². The summed E-state index contributed by atoms with van der Waals surface area (Å²) in [4.78, 5) is 2.49. The number of unbranched alkanes of at least 4 members (excludes halogenated alkanes) is 1. The average Bonchev–Trinajstić information content (AvgIpc) is 2.76. The first-order valence-electron chi connectivity index (χ1n) is 6.36. The Morgan fingerprint density at radius 3 is 2.60 bits per heavy atom. The van der Waals surface area contributed by atoms with Gasteiger partial charge < -0.3 is 15.3 Å². The first-order chi connectivity index (χ1) is 7.34. The minimum absolute atomic E-state index is 0.323. The molecular formula is C12H26N2O. The second-order valence-electron chi connectivity index (χ2n) is 4.60. The zero-order valence-corrected chi connectivity index (χ0v) is 10.0. The Morgan fingerprint density at radius 1 is 1.20 bits per heavy atom. The molecule has 0 aromatic carbocycles. The molecule has 3 heteroatoms. The Bertz CT molecular complexity index is 147. The Morgan fingerprint density at radius 2 is 1.93 bits per heavy atom. The summed E-state index contributed by atoms with van der Waals surface area (Å²) >= 11 is 0. The molecule has 0 atom stereocenters. The van der Waals surface area contributed by atoms with Crippen LogP contribution >= 0.6 is 0 Å². The van der Waals surface area contributed by atoms with Gasteiger partial charge in [0.05, 0.1) is 0 Å². The van der Waals surface area contributed by atoms with Gasteiger partial charge in [-0.2, -0.15) is 0 Å². The van der Waals surface area contributed by atoms with Gasteiger partial charge in [0.1, 0.15) is 0 Å². The molecule has 0 spiro atoms. The van der Waals surface area contributed by atoms with Crippen molar-refractivity contribution < 1.29 is 5.11 Å². The zero-order valence-electron chi connectivity index (χ0n) is 10.0. The van der Waals surface area contributed by atoms with E-state index in [-0.39, 0.29) is 0 Å². The van der Waals surface area contributed by atoms with E-state index >= 15 is 0 Å². The van der Waals surface area contributed by atoms with Crippen molar-refractivity contribution in [1.82, 2.24) is 10.2 Å². The summed E-state index contributed by atoms with van der Waals surface area (Å²) in [5, 5.41) is 12.0. The maximum atomic E-state index is 8.62. The van der Waals surface area contributed by atoms with Gasteiger partial charge in [0.25, 0.3) is 0 Å². The number of rotatable bonds is 8. The molecule has 1 fully saturated rings. The summed E-state index contributed by atoms with van der Waals surface area (Å²) in [6.07, 6.45) is 7.62. The number of likely N-dealkylation sites (N-methyl/N-ethyl adjacent to an activating group) is 1. The van der Waals surface area contributed by atoms with Gasteiger partial charge in [0.2, 0.25) is 0 Å². The molecule has 0 amide bonds. The van der Waals surface area contributed by atoms with Crippen molar-refractivity contribution in [3.63, 3.8) is 0 Å². The molecule has 0 radical (unpaired) electrons. The molecule has 90 valence electrons. The van der Waals surface area contributed by atoms with Crippen LogP contribution in [-0.2, 0) is 0 Å². The summed E-state index contributed by atoms with van der Waals surface area (Å²) in [6, 6.07) is 0.837. The fourth-order valence-corrected chi connectivity index (χ4v) is 2.27. The van der Waals surface area contributed by atoms with E-state index in [1.807, 2.05) is 0 Å². The standard InChI is InChI=1S/C12H26N2O/c1-14(12-6-2-3-7-12)10-9-13-8-4-5-11-15/h12-13,15H,2-11H2,1H3. The monoisotopic (exact) mass is 214 g/mol. The number of nitrogens with zero attached hydrogens (tertiary/aromatic N) is 1. The SMILES string of the molecule is CN(CCNCCCCO)C1CCCC1. The molecule has 3 nitrogen and oxygen atoms in total. The highest BCUT2D eigenvalue weighted by atomic mass is 16.2. The summed E-state index contributed by atoms with van der Waals surface area (Å²) in [6.45, 7) is 3.60. The Labute approximate surface area is 93.9 Å². The molecule has 0 aliphatic heterocycles. The molecule has 1 rings (SSSR count). The van der Waals surface area contributed by atoms with E-state index in [4.69, 9.17) is 5.11 Å². The van der Waals surface area contributed by atoms with Crippen molar-refractivity contribution in [2.45, 2.75) is 44.6 Å². The second-order valence-corrected chi connectivity index (χ2v) is 4.60. The van der Waals surface area contributed by atoms with Crippen molar-refractivity contribution in [2.75, 3.05) is 33.3 Å². The van der Waals surface area contributed by atoms with E-state index < -0.39 is 0 Å². The topological polar surface area (TPSA) is 35.5 Å². The van der Waals surface area contributed by atoms with Gasteiger partial charge in [-0.25, -0.2) is 0 Å². The minimum Gasteiger partial charge on any atom is -0.396 e. The van der Waals surface area contributed by atoms with Gasteiger partial charge in [-0.3, -0.25) is 0 Å². The Kier molecular flexibility index (Phi) is 6.98. The minimum atomic E-state index is 0.323. The molecule has 1 saturated carbocycles. The van der Waals surface area contributed by atoms with Crippen molar-refractivity contribution in [3.05, 3.63) is 0 Å². The van der Waals surface area contributed by atoms with E-state index in [1.54, 1.807) is 0 Å². The van der Waals surface area contributed by atoms with Crippen molar-refractivity contribution >= 4 is 0 Å². The van der Waals surface area contributed by atoms with Crippen LogP contribution in [0.4, 0.5) is 0 Å². The predicted octanol–water partition coefficient (Wildman–Crippen LogP) is 1.22. The molecule has 0 aromatic rings. The van der Waals surface area contributed by atoms with Crippen LogP contribution in [0.5, 0.6) is 0 Å². The summed E-state index contributed by atoms with van der Waals surface area (Å²) in [5.41, 5.74) is 0. The number of nitrogens with one attached hydrogen (secondary N) is 1. The van der Waals surface area contributed by atoms with Crippen LogP contribution in [0.3, 0.4) is 0 Å². The summed E-state index contributed by atoms with van der Waals surface area (Å²) < 4.78 is 0. The van der Waals surface area contributed by atoms with Crippen LogP contribution in [0.25, 0.3) is 0 Å². The average molecular weight is 214 g/mol. The fraction of sp³-hybridized carbons (Fsp3) is 1.00. The molecule has 1 aliphatic carbocycles. The summed E-state index contributed by atoms with van der Waals surface area (Å²) in [7, 11) is 2.24. The van der Waals surface area contributed by atoms with Crippen LogP contribution in [-0.4, -0.2) is 49.3 Å². The zero-order chi connectivity index (χ0) is 10.9. The van der Waals surface area contributed by atoms with Gasteiger partial charge in [0.15, 0.2) is 0 Å². The fourth-order valence-electron chi connectivity index (χ4n) is 2.27. The van der Waals surface area contributed by atoms with Crippen LogP contribution in [0, 0.1) is 0 Å². The highest BCUT2D eigenvalue weighted by Gasteiger charge is 2.18. The van der Waals surface area contributed by atoms with E-state index in [1.165, 1.54) is 25.7 Å². The van der Waals surface area contributed by atoms with Crippen LogP contribution in [0.2, 0.25) is 0 Å². The van der Waals surface area contributed by atoms with Crippen molar-refractivity contribution in [3.8, 4) is 0 Å². The largest absolute Gasteiger partial charge is 0.396 e. The van der Waals surface area contributed by atoms with Crippen LogP contribution < -0.4 is 5.32 Å². The van der Waals surface area contributed by atoms with Crippen molar-refractivity contribution in [1.29, 1.82) is 0 Å². The normalized spacial score (nSPS) is 17.8. The van der Waals surface area contributed by atoms with E-state index in [2.05, 4.69) is 17.3 Å². The summed E-state index contributed by atoms with van der Waals surface area (Å²) in [5.74, 6) is 0. The van der Waals surface area contributed by atoms with Crippen LogP contribution in [0.1, 0.15) is 38.5 Å². The number of aliphatic hydroxyl groups excluding tert-OH is 1. The van der Waals surface area contributed by atoms with E-state index in [0.717, 1.165) is 38.5 Å². The van der Waals surface area contributed by atoms with Gasteiger partial charge >= 0.3 is 0 Å². The number of hydrogen-bond acceptors (Lipinski definition) is 3. The maximum absolute atomic E-state index is 8.62. The molecule has 0 aromatic heterocycles. The molecule has 1 aliphatic rings. The third-order valence-electron chi connectivity index (χ3n) is 3.35. The number of aliphatic hydroxyl groups is 1. The molecule has 0 unspecified atom stereocenters. The van der Waals surface area contributed by atoms with Crippen molar-refractivity contribution in [2.24, 2.45) is 0 Å². The van der Waals surface area contributed by atoms with Crippen LogP contribution in [0.15, 0.2) is 0 Å². The third kappa shape index (κ3) is 5.50. The Balaban J connectivity index is 1.90. The van der Waals surface area contributed by atoms with Gasteiger partial charge in [0, 0.05) is 25.7 Å². The lowest BCUT2D eigenvalue weighted by Gasteiger charge is -2.23. The smallest absolute Gasteiger partial charge is 0.0431 e. The first kappa shape index (κ1) is 12.9. The highest BCUT2D eigenvalue weighted by molar-refractivity contribution is 4.75. The molecule has 2 N–H and O–H groups in total. The maximum Gasteiger partial charge on any atom is 0.0431 e. The molecule has 0 saturated heterocycles. The first-order valence-corrected chi connectivity index (χ1v) is 6.36. The lowest BCUT2D eigenvalue weighted by molar-refractivity contribution is 0.244. The third-order valence-corrected chi connectivity index (χ3v) is 3.35. The second kappa shape index (κ2) is 8.08. The quantitative estimate of drug-likeness (QED) is 0.596. The van der Waals surface area contributed by atoms with E-state index in [9.17, 15) is 0 Å². The van der Waals surface area contributed by atoms with E-state index in [0.29, 0.717) is 6.61 Å². The Hall–Kier alpha value is -0.120. The predicted molar refractivity (Wildman–Crippen MR) is 64.1 cm³/mol. The lowest BCUT2D eigenvalue weighted by Crippen LogP contribution is -2.35. The van der Waals surface area contributed by atoms with Gasteiger partial charge in [-0.15, -0.1) is 0 Å². The molecule has 0 heterocycles. The molecular weight excluding hydrogens is 188 g/mol. The molecule has 15 heavy (non-hydrogen) atoms. The highest BCUT2D eigenvalue weighted by Crippen LogP contribution is 2.21. The molecule has 0 bridgehead atoms. The van der Waals surface area contributed by atoms with Gasteiger partial charge in [-0.1, -0.05) is 12.8 Å².